The number of benzene rings is 1. The topological polar surface area (TPSA) is 128 Å². The van der Waals surface area contributed by atoms with Crippen LogP contribution in [0.1, 0.15) is 34.6 Å². The molecule has 2 aromatic rings. The molecule has 0 aliphatic rings. The predicted molar refractivity (Wildman–Crippen MR) is 122 cm³/mol. The number of aryl methyl sites for hydroxylation is 1. The van der Waals surface area contributed by atoms with E-state index in [1.807, 2.05) is 6.92 Å². The van der Waals surface area contributed by atoms with E-state index in [0.29, 0.717) is 17.0 Å². The summed E-state index contributed by atoms with van der Waals surface area (Å²) in [6, 6.07) is 10.4. The Balaban J connectivity index is 1.84. The van der Waals surface area contributed by atoms with Crippen molar-refractivity contribution in [3.8, 4) is 0 Å². The van der Waals surface area contributed by atoms with Gasteiger partial charge in [-0.05, 0) is 31.1 Å². The molecular weight excluding hydrogens is 456 g/mol. The zero-order valence-corrected chi connectivity index (χ0v) is 19.3. The summed E-state index contributed by atoms with van der Waals surface area (Å²) in [5.74, 6) is -2.16. The number of ether oxygens (including phenoxy) is 2. The van der Waals surface area contributed by atoms with Crippen LogP contribution in [0.3, 0.4) is 0 Å². The fourth-order valence-corrected chi connectivity index (χ4v) is 4.12. The number of hydrogen-bond donors (Lipinski definition) is 2. The molecule has 172 valence electrons. The average molecular weight is 481 g/mol. The smallest absolute Gasteiger partial charge is 0.341 e. The van der Waals surface area contributed by atoms with Crippen molar-refractivity contribution in [2.24, 2.45) is 0 Å². The van der Waals surface area contributed by atoms with Crippen molar-refractivity contribution < 1.29 is 32.3 Å². The maximum Gasteiger partial charge on any atom is 0.341 e. The Morgan fingerprint density at radius 1 is 1.09 bits per heavy atom. The van der Waals surface area contributed by atoms with Crippen molar-refractivity contribution >= 4 is 50.3 Å². The van der Waals surface area contributed by atoms with Gasteiger partial charge in [0.05, 0.1) is 12.2 Å². The normalized spacial score (nSPS) is 11.3. The first kappa shape index (κ1) is 25.2. The molecule has 0 radical (unpaired) electrons. The van der Waals surface area contributed by atoms with Gasteiger partial charge in [0.25, 0.3) is 5.91 Å². The molecule has 32 heavy (non-hydrogen) atoms. The summed E-state index contributed by atoms with van der Waals surface area (Å²) >= 11 is 1.22. The molecule has 0 unspecified atom stereocenters. The number of carbonyl (C=O) groups is 3. The van der Waals surface area contributed by atoms with E-state index in [0.717, 1.165) is 10.3 Å². The first-order chi connectivity index (χ1) is 15.2. The molecule has 1 amide bonds. The van der Waals surface area contributed by atoms with Crippen molar-refractivity contribution in [2.45, 2.75) is 20.3 Å². The highest BCUT2D eigenvalue weighted by atomic mass is 32.2. The minimum absolute atomic E-state index is 0.192. The van der Waals surface area contributed by atoms with E-state index in [1.165, 1.54) is 17.4 Å². The highest BCUT2D eigenvalue weighted by molar-refractivity contribution is 7.92. The number of nitrogens with one attached hydrogen (secondary N) is 2. The molecule has 0 saturated heterocycles. The van der Waals surface area contributed by atoms with Crippen LogP contribution < -0.4 is 10.0 Å². The van der Waals surface area contributed by atoms with Gasteiger partial charge in [-0.25, -0.2) is 17.9 Å². The van der Waals surface area contributed by atoms with Crippen LogP contribution in [0.25, 0.3) is 6.08 Å². The van der Waals surface area contributed by atoms with Gasteiger partial charge < -0.3 is 14.8 Å². The first-order valence-corrected chi connectivity index (χ1v) is 12.1. The number of amides is 1. The summed E-state index contributed by atoms with van der Waals surface area (Å²) in [5.41, 5.74) is 0.908. The third-order valence-electron chi connectivity index (χ3n) is 3.90. The molecule has 9 nitrogen and oxygen atoms in total. The van der Waals surface area contributed by atoms with E-state index < -0.39 is 41.0 Å². The van der Waals surface area contributed by atoms with Gasteiger partial charge in [0, 0.05) is 10.3 Å². The van der Waals surface area contributed by atoms with Crippen molar-refractivity contribution in [3.63, 3.8) is 0 Å². The Labute approximate surface area is 190 Å². The number of rotatable bonds is 11. The largest absolute Gasteiger partial charge is 0.462 e. The van der Waals surface area contributed by atoms with Gasteiger partial charge in [-0.15, -0.1) is 11.3 Å². The lowest BCUT2D eigenvalue weighted by molar-refractivity contribution is -0.146. The first-order valence-electron chi connectivity index (χ1n) is 9.72. The van der Waals surface area contributed by atoms with Crippen LogP contribution in [0.2, 0.25) is 0 Å². The Kier molecular flexibility index (Phi) is 9.57. The molecule has 2 rings (SSSR count). The minimum Gasteiger partial charge on any atom is -0.462 e. The van der Waals surface area contributed by atoms with Crippen LogP contribution in [0, 0.1) is 0 Å². The molecule has 0 aliphatic heterocycles. The number of anilines is 1. The van der Waals surface area contributed by atoms with E-state index >= 15 is 0 Å². The molecular formula is C21H24N2O7S2. The summed E-state index contributed by atoms with van der Waals surface area (Å²) in [4.78, 5) is 36.8. The molecule has 1 aromatic carbocycles. The second-order valence-corrected chi connectivity index (χ2v) is 9.11. The van der Waals surface area contributed by atoms with Crippen molar-refractivity contribution in [3.05, 3.63) is 57.8 Å². The third-order valence-corrected chi connectivity index (χ3v) is 6.14. The maximum atomic E-state index is 12.1. The Bertz CT molecular complexity index is 1080. The van der Waals surface area contributed by atoms with Crippen LogP contribution in [0.4, 0.5) is 5.00 Å². The van der Waals surface area contributed by atoms with Gasteiger partial charge in [-0.3, -0.25) is 9.59 Å². The highest BCUT2D eigenvalue weighted by Gasteiger charge is 2.19. The summed E-state index contributed by atoms with van der Waals surface area (Å²) in [6.07, 6.45) is 2.05. The zero-order chi connectivity index (χ0) is 23.6. The Morgan fingerprint density at radius 2 is 1.81 bits per heavy atom. The van der Waals surface area contributed by atoms with Crippen molar-refractivity contribution in [1.29, 1.82) is 0 Å². The van der Waals surface area contributed by atoms with Gasteiger partial charge >= 0.3 is 11.9 Å². The van der Waals surface area contributed by atoms with Gasteiger partial charge in [0.1, 0.15) is 11.5 Å². The standard InChI is InChI=1S/C21H24N2O7S2/c1-3-16-12-17(21(26)29-4-2)20(31-16)23-18(24)14-30-19(25)13-22-32(27,28)11-10-15-8-6-5-7-9-15/h5-12,22H,3-4,13-14H2,1-2H3,(H,23,24)/b11-10+. The zero-order valence-electron chi connectivity index (χ0n) is 17.6. The SMILES string of the molecule is CCOC(=O)c1cc(CC)sc1NC(=O)COC(=O)CNS(=O)(=O)/C=C/c1ccccc1. The Morgan fingerprint density at radius 3 is 2.47 bits per heavy atom. The fourth-order valence-electron chi connectivity index (χ4n) is 2.37. The lowest BCUT2D eigenvalue weighted by Gasteiger charge is -2.07. The Hall–Kier alpha value is -3.02. The van der Waals surface area contributed by atoms with Gasteiger partial charge in [0.2, 0.25) is 10.0 Å². The highest BCUT2D eigenvalue weighted by Crippen LogP contribution is 2.29. The third kappa shape index (κ3) is 8.25. The molecule has 0 spiro atoms. The van der Waals surface area contributed by atoms with E-state index in [4.69, 9.17) is 9.47 Å². The summed E-state index contributed by atoms with van der Waals surface area (Å²) in [6.45, 7) is 2.50. The number of carbonyl (C=O) groups excluding carboxylic acids is 3. The number of esters is 2. The van der Waals surface area contributed by atoms with Gasteiger partial charge in [-0.2, -0.15) is 0 Å². The van der Waals surface area contributed by atoms with E-state index in [-0.39, 0.29) is 12.2 Å². The van der Waals surface area contributed by atoms with Crippen molar-refractivity contribution in [2.75, 3.05) is 25.1 Å². The summed E-state index contributed by atoms with van der Waals surface area (Å²) < 4.78 is 35.7. The summed E-state index contributed by atoms with van der Waals surface area (Å²) in [5, 5.41) is 3.75. The van der Waals surface area contributed by atoms with E-state index in [2.05, 4.69) is 10.0 Å². The quantitative estimate of drug-likeness (QED) is 0.473. The molecule has 1 heterocycles. The van der Waals surface area contributed by atoms with Gasteiger partial charge in [-0.1, -0.05) is 37.3 Å². The number of sulfonamides is 1. The van der Waals surface area contributed by atoms with E-state index in [1.54, 1.807) is 43.3 Å². The van der Waals surface area contributed by atoms with Crippen molar-refractivity contribution in [1.82, 2.24) is 4.72 Å². The van der Waals surface area contributed by atoms with Crippen LogP contribution in [0.15, 0.2) is 41.8 Å². The molecule has 2 N–H and O–H groups in total. The molecule has 0 atom stereocenters. The maximum absolute atomic E-state index is 12.1. The molecule has 0 aliphatic carbocycles. The minimum atomic E-state index is -3.86. The predicted octanol–water partition coefficient (Wildman–Crippen LogP) is 2.56. The monoisotopic (exact) mass is 480 g/mol. The molecule has 11 heteroatoms. The summed E-state index contributed by atoms with van der Waals surface area (Å²) in [7, 11) is -3.86. The lowest BCUT2D eigenvalue weighted by Crippen LogP contribution is -2.31. The second kappa shape index (κ2) is 12.1. The molecule has 0 bridgehead atoms. The van der Waals surface area contributed by atoms with Crippen LogP contribution in [-0.2, 0) is 35.5 Å². The van der Waals surface area contributed by atoms with Gasteiger partial charge in [0.15, 0.2) is 6.61 Å². The average Bonchev–Trinajstić information content (AvgIpc) is 3.19. The number of hydrogen-bond acceptors (Lipinski definition) is 8. The van der Waals surface area contributed by atoms with Crippen LogP contribution >= 0.6 is 11.3 Å². The fraction of sp³-hybridized carbons (Fsp3) is 0.286. The molecule has 0 saturated carbocycles. The molecule has 0 fully saturated rings. The van der Waals surface area contributed by atoms with E-state index in [9.17, 15) is 22.8 Å². The second-order valence-electron chi connectivity index (χ2n) is 6.32. The lowest BCUT2D eigenvalue weighted by atomic mass is 10.2. The number of thiophene rings is 1. The van der Waals surface area contributed by atoms with Crippen LogP contribution in [-0.4, -0.2) is 46.0 Å². The molecule has 1 aromatic heterocycles. The van der Waals surface area contributed by atoms with Crippen LogP contribution in [0.5, 0.6) is 0 Å².